The molecule has 0 aromatic carbocycles. The first-order valence-corrected chi connectivity index (χ1v) is 10.0. The summed E-state index contributed by atoms with van der Waals surface area (Å²) in [5, 5.41) is 1.96. The smallest absolute Gasteiger partial charge is 0.410 e. The van der Waals surface area contributed by atoms with Crippen LogP contribution in [0, 0.1) is 0 Å². The van der Waals surface area contributed by atoms with Gasteiger partial charge in [0.1, 0.15) is 5.60 Å². The van der Waals surface area contributed by atoms with Gasteiger partial charge in [0.2, 0.25) is 10.0 Å². The standard InChI is InChI=1S/C15H26N2O4S2/c1-15(2,3)21-14(18)17(5)12(10-13-8-7-9-22-13)11-16(4)23(6,19)20/h7-9,12H,10-11H2,1-6H3. The Morgan fingerprint density at radius 2 is 1.96 bits per heavy atom. The first kappa shape index (κ1) is 19.9. The molecule has 0 fully saturated rings. The zero-order valence-corrected chi connectivity index (χ0v) is 16.2. The second-order valence-electron chi connectivity index (χ2n) is 6.57. The molecule has 1 aromatic rings. The minimum atomic E-state index is -3.31. The van der Waals surface area contributed by atoms with Crippen molar-refractivity contribution in [2.24, 2.45) is 0 Å². The van der Waals surface area contributed by atoms with E-state index in [2.05, 4.69) is 0 Å². The van der Waals surface area contributed by atoms with Crippen LogP contribution in [-0.4, -0.2) is 62.3 Å². The van der Waals surface area contributed by atoms with Gasteiger partial charge in [0.15, 0.2) is 0 Å². The summed E-state index contributed by atoms with van der Waals surface area (Å²) in [4.78, 5) is 14.9. The molecule has 8 heteroatoms. The number of hydrogen-bond acceptors (Lipinski definition) is 5. The molecule has 0 N–H and O–H groups in total. The van der Waals surface area contributed by atoms with Crippen molar-refractivity contribution < 1.29 is 17.9 Å². The van der Waals surface area contributed by atoms with Gasteiger partial charge in [-0.2, -0.15) is 0 Å². The van der Waals surface area contributed by atoms with E-state index < -0.39 is 21.7 Å². The molecule has 1 heterocycles. The summed E-state index contributed by atoms with van der Waals surface area (Å²) >= 11 is 1.58. The van der Waals surface area contributed by atoms with Gasteiger partial charge in [0.05, 0.1) is 12.3 Å². The van der Waals surface area contributed by atoms with E-state index in [4.69, 9.17) is 4.74 Å². The topological polar surface area (TPSA) is 66.9 Å². The Balaban J connectivity index is 2.91. The number of carbonyl (C=O) groups excluding carboxylic acids is 1. The van der Waals surface area contributed by atoms with Crippen LogP contribution in [-0.2, 0) is 21.2 Å². The van der Waals surface area contributed by atoms with Crippen molar-refractivity contribution in [1.82, 2.24) is 9.21 Å². The lowest BCUT2D eigenvalue weighted by Gasteiger charge is -2.32. The molecule has 1 unspecified atom stereocenters. The minimum absolute atomic E-state index is 0.215. The van der Waals surface area contributed by atoms with Crippen molar-refractivity contribution in [3.05, 3.63) is 22.4 Å². The number of sulfonamides is 1. The van der Waals surface area contributed by atoms with Gasteiger partial charge in [-0.15, -0.1) is 11.3 Å². The second-order valence-corrected chi connectivity index (χ2v) is 9.69. The lowest BCUT2D eigenvalue weighted by Crippen LogP contribution is -2.47. The van der Waals surface area contributed by atoms with Crippen molar-refractivity contribution in [2.75, 3.05) is 26.9 Å². The molecule has 1 rings (SSSR count). The third-order valence-corrected chi connectivity index (χ3v) is 5.46. The first-order chi connectivity index (χ1) is 10.4. The number of thiophene rings is 1. The largest absolute Gasteiger partial charge is 0.444 e. The maximum Gasteiger partial charge on any atom is 0.410 e. The third-order valence-electron chi connectivity index (χ3n) is 3.28. The molecule has 1 aromatic heterocycles. The molecule has 0 spiro atoms. The van der Waals surface area contributed by atoms with Crippen LogP contribution in [0.3, 0.4) is 0 Å². The summed E-state index contributed by atoms with van der Waals surface area (Å²) in [5.41, 5.74) is -0.596. The van der Waals surface area contributed by atoms with E-state index in [1.165, 1.54) is 16.3 Å². The van der Waals surface area contributed by atoms with Crippen molar-refractivity contribution in [3.8, 4) is 0 Å². The van der Waals surface area contributed by atoms with Gasteiger partial charge in [0.25, 0.3) is 0 Å². The van der Waals surface area contributed by atoms with Crippen LogP contribution in [0.4, 0.5) is 4.79 Å². The Morgan fingerprint density at radius 1 is 1.35 bits per heavy atom. The van der Waals surface area contributed by atoms with Crippen molar-refractivity contribution in [2.45, 2.75) is 38.8 Å². The van der Waals surface area contributed by atoms with E-state index in [-0.39, 0.29) is 12.6 Å². The molecule has 132 valence electrons. The predicted molar refractivity (Wildman–Crippen MR) is 93.3 cm³/mol. The van der Waals surface area contributed by atoms with Gasteiger partial charge < -0.3 is 9.64 Å². The summed E-state index contributed by atoms with van der Waals surface area (Å²) in [5.74, 6) is 0. The average molecular weight is 363 g/mol. The highest BCUT2D eigenvalue weighted by Gasteiger charge is 2.28. The zero-order chi connectivity index (χ0) is 17.8. The molecule has 0 aliphatic heterocycles. The highest BCUT2D eigenvalue weighted by Crippen LogP contribution is 2.17. The fourth-order valence-electron chi connectivity index (χ4n) is 1.90. The van der Waals surface area contributed by atoms with Crippen molar-refractivity contribution in [3.63, 3.8) is 0 Å². The number of ether oxygens (including phenoxy) is 1. The summed E-state index contributed by atoms with van der Waals surface area (Å²) in [6, 6.07) is 3.61. The van der Waals surface area contributed by atoms with Gasteiger partial charge >= 0.3 is 6.09 Å². The van der Waals surface area contributed by atoms with Gasteiger partial charge in [-0.05, 0) is 32.2 Å². The van der Waals surface area contributed by atoms with E-state index in [9.17, 15) is 13.2 Å². The predicted octanol–water partition coefficient (Wildman–Crippen LogP) is 2.42. The Kier molecular flexibility index (Phi) is 6.61. The Labute approximate surface area is 143 Å². The number of rotatable bonds is 6. The average Bonchev–Trinajstić information content (AvgIpc) is 2.86. The Hall–Kier alpha value is -1.12. The van der Waals surface area contributed by atoms with Crippen molar-refractivity contribution in [1.29, 1.82) is 0 Å². The van der Waals surface area contributed by atoms with Crippen LogP contribution < -0.4 is 0 Å². The minimum Gasteiger partial charge on any atom is -0.444 e. The summed E-state index contributed by atoms with van der Waals surface area (Å²) in [7, 11) is -0.158. The summed E-state index contributed by atoms with van der Waals surface area (Å²) in [6.07, 6.45) is 1.27. The SMILES string of the molecule is CN(C(=O)OC(C)(C)C)C(Cc1cccs1)CN(C)S(C)(=O)=O. The third kappa shape index (κ3) is 6.88. The maximum absolute atomic E-state index is 12.3. The summed E-state index contributed by atoms with van der Waals surface area (Å²) < 4.78 is 30.0. The zero-order valence-electron chi connectivity index (χ0n) is 14.6. The van der Waals surface area contributed by atoms with Crippen LogP contribution in [0.2, 0.25) is 0 Å². The highest BCUT2D eigenvalue weighted by molar-refractivity contribution is 7.88. The fraction of sp³-hybridized carbons (Fsp3) is 0.667. The molecule has 0 aliphatic carbocycles. The van der Waals surface area contributed by atoms with Crippen LogP contribution in [0.5, 0.6) is 0 Å². The van der Waals surface area contributed by atoms with E-state index in [1.807, 2.05) is 17.5 Å². The molecular formula is C15H26N2O4S2. The van der Waals surface area contributed by atoms with E-state index in [0.29, 0.717) is 6.42 Å². The van der Waals surface area contributed by atoms with Crippen molar-refractivity contribution >= 4 is 27.5 Å². The molecule has 0 radical (unpaired) electrons. The van der Waals surface area contributed by atoms with Gasteiger partial charge in [-0.25, -0.2) is 17.5 Å². The van der Waals surface area contributed by atoms with Crippen LogP contribution in [0.15, 0.2) is 17.5 Å². The van der Waals surface area contributed by atoms with Gasteiger partial charge in [-0.1, -0.05) is 6.07 Å². The monoisotopic (exact) mass is 362 g/mol. The van der Waals surface area contributed by atoms with Gasteiger partial charge in [0, 0.05) is 31.9 Å². The Morgan fingerprint density at radius 3 is 2.39 bits per heavy atom. The number of carbonyl (C=O) groups is 1. The second kappa shape index (κ2) is 7.63. The fourth-order valence-corrected chi connectivity index (χ4v) is 3.12. The van der Waals surface area contributed by atoms with E-state index in [0.717, 1.165) is 11.1 Å². The van der Waals surface area contributed by atoms with Crippen LogP contribution in [0.1, 0.15) is 25.6 Å². The lowest BCUT2D eigenvalue weighted by molar-refractivity contribution is 0.0210. The summed E-state index contributed by atoms with van der Waals surface area (Å²) in [6.45, 7) is 5.62. The van der Waals surface area contributed by atoms with Gasteiger partial charge in [-0.3, -0.25) is 0 Å². The molecule has 0 saturated heterocycles. The number of likely N-dealkylation sites (N-methyl/N-ethyl adjacent to an activating group) is 2. The molecule has 6 nitrogen and oxygen atoms in total. The molecular weight excluding hydrogens is 336 g/mol. The molecule has 23 heavy (non-hydrogen) atoms. The first-order valence-electron chi connectivity index (χ1n) is 7.29. The highest BCUT2D eigenvalue weighted by atomic mass is 32.2. The van der Waals surface area contributed by atoms with Crippen LogP contribution in [0.25, 0.3) is 0 Å². The molecule has 1 amide bonds. The van der Waals surface area contributed by atoms with E-state index >= 15 is 0 Å². The number of nitrogens with zero attached hydrogens (tertiary/aromatic N) is 2. The molecule has 0 bridgehead atoms. The number of amides is 1. The van der Waals surface area contributed by atoms with Crippen LogP contribution >= 0.6 is 11.3 Å². The molecule has 0 saturated carbocycles. The van der Waals surface area contributed by atoms with E-state index in [1.54, 1.807) is 39.2 Å². The normalized spacial score (nSPS) is 13.9. The maximum atomic E-state index is 12.3. The Bertz CT molecular complexity index is 606. The molecule has 1 atom stereocenters. The quantitative estimate of drug-likeness (QED) is 0.779. The molecule has 0 aliphatic rings. The number of hydrogen-bond donors (Lipinski definition) is 0. The lowest BCUT2D eigenvalue weighted by atomic mass is 10.1.